The number of nitrogens with one attached hydrogen (secondary N) is 1. The summed E-state index contributed by atoms with van der Waals surface area (Å²) in [5.41, 5.74) is -0.0197. The molecule has 1 unspecified atom stereocenters. The number of benzene rings is 1. The van der Waals surface area contributed by atoms with Crippen LogP contribution in [0.5, 0.6) is 11.5 Å². The molecule has 0 bridgehead atoms. The third-order valence-corrected chi connectivity index (χ3v) is 3.51. The van der Waals surface area contributed by atoms with Gasteiger partial charge in [0, 0.05) is 13.6 Å². The zero-order valence-electron chi connectivity index (χ0n) is 11.1. The maximum absolute atomic E-state index is 12.2. The van der Waals surface area contributed by atoms with Gasteiger partial charge in [-0.3, -0.25) is 4.79 Å². The minimum absolute atomic E-state index is 0.0197. The van der Waals surface area contributed by atoms with Crippen molar-refractivity contribution in [3.05, 3.63) is 23.8 Å². The number of phenolic OH excluding ortho intramolecular Hbond substituents is 2. The van der Waals surface area contributed by atoms with Gasteiger partial charge < -0.3 is 20.4 Å². The fourth-order valence-corrected chi connectivity index (χ4v) is 2.49. The van der Waals surface area contributed by atoms with Crippen LogP contribution in [0.3, 0.4) is 0 Å². The summed E-state index contributed by atoms with van der Waals surface area (Å²) in [6, 6.07) is 4.32. The molecule has 19 heavy (non-hydrogen) atoms. The van der Waals surface area contributed by atoms with Crippen molar-refractivity contribution >= 4 is 5.91 Å². The van der Waals surface area contributed by atoms with Crippen molar-refractivity contribution in [1.29, 1.82) is 0 Å². The number of carbonyl (C=O) groups is 1. The molecular formula is C14H20N2O3. The molecule has 1 amide bonds. The second kappa shape index (κ2) is 5.93. The highest BCUT2D eigenvalue weighted by Crippen LogP contribution is 2.27. The van der Waals surface area contributed by atoms with Gasteiger partial charge in [-0.15, -0.1) is 0 Å². The molecule has 1 aromatic carbocycles. The Bertz CT molecular complexity index is 436. The summed E-state index contributed by atoms with van der Waals surface area (Å²) in [4.78, 5) is 13.8. The summed E-state index contributed by atoms with van der Waals surface area (Å²) in [5, 5.41) is 22.7. The molecule has 104 valence electrons. The summed E-state index contributed by atoms with van der Waals surface area (Å²) in [6.45, 7) is 2.57. The Balaban J connectivity index is 2.06. The molecule has 1 aliphatic rings. The summed E-state index contributed by atoms with van der Waals surface area (Å²) in [6.07, 6.45) is 2.21. The molecule has 3 N–H and O–H groups in total. The first-order valence-corrected chi connectivity index (χ1v) is 6.56. The zero-order chi connectivity index (χ0) is 13.8. The molecule has 1 atom stereocenters. The highest BCUT2D eigenvalue weighted by molar-refractivity contribution is 5.99. The lowest BCUT2D eigenvalue weighted by Crippen LogP contribution is -2.39. The first-order valence-electron chi connectivity index (χ1n) is 6.56. The van der Waals surface area contributed by atoms with Crippen LogP contribution in [0.2, 0.25) is 0 Å². The molecule has 0 saturated carbocycles. The highest BCUT2D eigenvalue weighted by atomic mass is 16.3. The Hall–Kier alpha value is -1.75. The summed E-state index contributed by atoms with van der Waals surface area (Å²) < 4.78 is 0. The van der Waals surface area contributed by atoms with Crippen LogP contribution in [-0.2, 0) is 0 Å². The van der Waals surface area contributed by atoms with Gasteiger partial charge >= 0.3 is 0 Å². The molecular weight excluding hydrogens is 244 g/mol. The number of hydrogen-bond donors (Lipinski definition) is 3. The van der Waals surface area contributed by atoms with Crippen LogP contribution in [0, 0.1) is 5.92 Å². The molecule has 5 nitrogen and oxygen atoms in total. The van der Waals surface area contributed by atoms with Gasteiger partial charge in [0.25, 0.3) is 5.91 Å². The van der Waals surface area contributed by atoms with Gasteiger partial charge in [-0.25, -0.2) is 0 Å². The third kappa shape index (κ3) is 3.17. The Kier molecular flexibility index (Phi) is 4.27. The van der Waals surface area contributed by atoms with Crippen molar-refractivity contribution in [3.8, 4) is 11.5 Å². The Labute approximate surface area is 112 Å². The second-order valence-electron chi connectivity index (χ2n) is 5.07. The number of phenols is 2. The standard InChI is InChI=1S/C14H20N2O3/c1-16(9-10-4-3-7-15-8-10)14(19)13-11(17)5-2-6-12(13)18/h2,5-6,10,15,17-18H,3-4,7-9H2,1H3. The van der Waals surface area contributed by atoms with Crippen molar-refractivity contribution in [1.82, 2.24) is 10.2 Å². The first-order chi connectivity index (χ1) is 9.09. The van der Waals surface area contributed by atoms with Crippen molar-refractivity contribution in [2.75, 3.05) is 26.7 Å². The van der Waals surface area contributed by atoms with Gasteiger partial charge in [0.2, 0.25) is 0 Å². The Morgan fingerprint density at radius 2 is 2.11 bits per heavy atom. The minimum atomic E-state index is -0.346. The molecule has 1 saturated heterocycles. The van der Waals surface area contributed by atoms with Crippen LogP contribution in [0.25, 0.3) is 0 Å². The second-order valence-corrected chi connectivity index (χ2v) is 5.07. The fraction of sp³-hybridized carbons (Fsp3) is 0.500. The van der Waals surface area contributed by atoms with Crippen LogP contribution >= 0.6 is 0 Å². The number of carbonyl (C=O) groups excluding carboxylic acids is 1. The van der Waals surface area contributed by atoms with E-state index in [4.69, 9.17) is 0 Å². The van der Waals surface area contributed by atoms with Crippen LogP contribution in [0.4, 0.5) is 0 Å². The smallest absolute Gasteiger partial charge is 0.261 e. The molecule has 1 fully saturated rings. The lowest BCUT2D eigenvalue weighted by molar-refractivity contribution is 0.0758. The van der Waals surface area contributed by atoms with Gasteiger partial charge in [0.05, 0.1) is 0 Å². The Morgan fingerprint density at radius 1 is 1.42 bits per heavy atom. The predicted octanol–water partition coefficient (Wildman–Crippen LogP) is 1.17. The number of hydrogen-bond acceptors (Lipinski definition) is 4. The summed E-state index contributed by atoms with van der Waals surface area (Å²) >= 11 is 0. The van der Waals surface area contributed by atoms with Gasteiger partial charge in [0.15, 0.2) is 0 Å². The van der Waals surface area contributed by atoms with Crippen LogP contribution in [0.15, 0.2) is 18.2 Å². The van der Waals surface area contributed by atoms with E-state index in [9.17, 15) is 15.0 Å². The molecule has 1 aromatic rings. The van der Waals surface area contributed by atoms with E-state index in [0.717, 1.165) is 25.9 Å². The number of amides is 1. The quantitative estimate of drug-likeness (QED) is 0.766. The van der Waals surface area contributed by atoms with Gasteiger partial charge in [-0.1, -0.05) is 6.07 Å². The topological polar surface area (TPSA) is 72.8 Å². The molecule has 1 aliphatic heterocycles. The lowest BCUT2D eigenvalue weighted by atomic mass is 9.99. The largest absolute Gasteiger partial charge is 0.507 e. The average Bonchev–Trinajstić information content (AvgIpc) is 2.39. The van der Waals surface area contributed by atoms with Crippen LogP contribution < -0.4 is 5.32 Å². The van der Waals surface area contributed by atoms with E-state index < -0.39 is 0 Å². The molecule has 5 heteroatoms. The van der Waals surface area contributed by atoms with E-state index in [2.05, 4.69) is 5.32 Å². The van der Waals surface area contributed by atoms with E-state index in [1.54, 1.807) is 11.9 Å². The molecule has 0 spiro atoms. The lowest BCUT2D eigenvalue weighted by Gasteiger charge is -2.28. The fourth-order valence-electron chi connectivity index (χ4n) is 2.49. The maximum atomic E-state index is 12.2. The van der Waals surface area contributed by atoms with E-state index >= 15 is 0 Å². The predicted molar refractivity (Wildman–Crippen MR) is 72.3 cm³/mol. The summed E-state index contributed by atoms with van der Waals surface area (Å²) in [7, 11) is 1.70. The van der Waals surface area contributed by atoms with Crippen molar-refractivity contribution in [2.24, 2.45) is 5.92 Å². The highest BCUT2D eigenvalue weighted by Gasteiger charge is 2.23. The SMILES string of the molecule is CN(CC1CCCNC1)C(=O)c1c(O)cccc1O. The number of rotatable bonds is 3. The van der Waals surface area contributed by atoms with Crippen LogP contribution in [0.1, 0.15) is 23.2 Å². The van der Waals surface area contributed by atoms with Crippen molar-refractivity contribution in [3.63, 3.8) is 0 Å². The number of aromatic hydroxyl groups is 2. The summed E-state index contributed by atoms with van der Waals surface area (Å²) in [5.74, 6) is -0.283. The van der Waals surface area contributed by atoms with Gasteiger partial charge in [0.1, 0.15) is 17.1 Å². The van der Waals surface area contributed by atoms with Gasteiger partial charge in [-0.05, 0) is 44.0 Å². The maximum Gasteiger partial charge on any atom is 0.261 e. The van der Waals surface area contributed by atoms with E-state index in [1.165, 1.54) is 18.2 Å². The number of nitrogens with zero attached hydrogens (tertiary/aromatic N) is 1. The third-order valence-electron chi connectivity index (χ3n) is 3.51. The van der Waals surface area contributed by atoms with E-state index in [0.29, 0.717) is 12.5 Å². The van der Waals surface area contributed by atoms with Gasteiger partial charge in [-0.2, -0.15) is 0 Å². The molecule has 0 aromatic heterocycles. The first kappa shape index (κ1) is 13.7. The molecule has 2 rings (SSSR count). The van der Waals surface area contributed by atoms with E-state index in [-0.39, 0.29) is 23.0 Å². The monoisotopic (exact) mass is 264 g/mol. The normalized spacial score (nSPS) is 19.1. The molecule has 0 radical (unpaired) electrons. The average molecular weight is 264 g/mol. The van der Waals surface area contributed by atoms with Crippen LogP contribution in [-0.4, -0.2) is 47.7 Å². The number of piperidine rings is 1. The van der Waals surface area contributed by atoms with Crippen molar-refractivity contribution in [2.45, 2.75) is 12.8 Å². The molecule has 1 heterocycles. The van der Waals surface area contributed by atoms with Crippen molar-refractivity contribution < 1.29 is 15.0 Å². The zero-order valence-corrected chi connectivity index (χ0v) is 11.1. The Morgan fingerprint density at radius 3 is 2.68 bits per heavy atom. The molecule has 0 aliphatic carbocycles. The minimum Gasteiger partial charge on any atom is -0.507 e. The van der Waals surface area contributed by atoms with E-state index in [1.807, 2.05) is 0 Å².